The molecule has 0 saturated carbocycles. The fraction of sp³-hybridized carbons (Fsp3) is 0.320. The van der Waals surface area contributed by atoms with Gasteiger partial charge in [-0.3, -0.25) is 4.79 Å². The molecule has 4 aromatic rings. The van der Waals surface area contributed by atoms with Crippen molar-refractivity contribution in [3.05, 3.63) is 60.0 Å². The van der Waals surface area contributed by atoms with Gasteiger partial charge in [0.25, 0.3) is 0 Å². The summed E-state index contributed by atoms with van der Waals surface area (Å²) in [6.07, 6.45) is 3.15. The summed E-state index contributed by atoms with van der Waals surface area (Å²) < 4.78 is 13.3. The van der Waals surface area contributed by atoms with Crippen molar-refractivity contribution >= 4 is 22.6 Å². The summed E-state index contributed by atoms with van der Waals surface area (Å²) in [4.78, 5) is 19.5. The smallest absolute Gasteiger partial charge is 0.198 e. The summed E-state index contributed by atoms with van der Waals surface area (Å²) in [5.41, 5.74) is 5.35. The van der Waals surface area contributed by atoms with Crippen LogP contribution in [0.3, 0.4) is 0 Å². The van der Waals surface area contributed by atoms with Gasteiger partial charge in [-0.1, -0.05) is 30.7 Å². The van der Waals surface area contributed by atoms with Gasteiger partial charge >= 0.3 is 0 Å². The van der Waals surface area contributed by atoms with Crippen LogP contribution in [-0.4, -0.2) is 46.9 Å². The van der Waals surface area contributed by atoms with Crippen LogP contribution in [0.15, 0.2) is 53.1 Å². The minimum absolute atomic E-state index is 0.000741. The molecule has 1 aliphatic heterocycles. The second-order valence-corrected chi connectivity index (χ2v) is 8.11. The van der Waals surface area contributed by atoms with E-state index in [4.69, 9.17) is 19.2 Å². The van der Waals surface area contributed by atoms with Gasteiger partial charge in [0.05, 0.1) is 24.6 Å². The van der Waals surface area contributed by atoms with E-state index < -0.39 is 0 Å². The van der Waals surface area contributed by atoms with Gasteiger partial charge < -0.3 is 14.1 Å². The maximum Gasteiger partial charge on any atom is 0.198 e. The number of pyridine rings is 1. The van der Waals surface area contributed by atoms with Gasteiger partial charge in [-0.2, -0.15) is 5.10 Å². The number of ketones is 1. The Labute approximate surface area is 186 Å². The fourth-order valence-electron chi connectivity index (χ4n) is 4.05. The number of rotatable bonds is 6. The highest BCUT2D eigenvalue weighted by atomic mass is 16.5. The fourth-order valence-corrected chi connectivity index (χ4v) is 4.05. The lowest BCUT2D eigenvalue weighted by molar-refractivity contribution is 0.0957. The molecular formula is C25H26N4O3. The van der Waals surface area contributed by atoms with E-state index in [1.165, 1.54) is 5.56 Å². The number of aryl methyl sites for hydroxylation is 1. The number of nitrogens with zero attached hydrogens (tertiary/aromatic N) is 4. The van der Waals surface area contributed by atoms with Crippen molar-refractivity contribution < 1.29 is 13.9 Å². The van der Waals surface area contributed by atoms with E-state index in [0.717, 1.165) is 36.5 Å². The van der Waals surface area contributed by atoms with Gasteiger partial charge in [-0.25, -0.2) is 9.67 Å². The second kappa shape index (κ2) is 8.59. The number of hydrogen-bond acceptors (Lipinski definition) is 6. The predicted molar refractivity (Wildman–Crippen MR) is 124 cm³/mol. The van der Waals surface area contributed by atoms with Gasteiger partial charge in [0, 0.05) is 43.4 Å². The first-order chi connectivity index (χ1) is 15.6. The Balaban J connectivity index is 1.59. The average Bonchev–Trinajstić information content (AvgIpc) is 3.47. The number of carbonyl (C=O) groups is 1. The number of carbonyl (C=O) groups excluding carboxylic acids is 1. The van der Waals surface area contributed by atoms with Crippen molar-refractivity contribution in [1.29, 1.82) is 0 Å². The van der Waals surface area contributed by atoms with Crippen LogP contribution in [0.1, 0.15) is 35.9 Å². The number of anilines is 1. The number of morpholine rings is 1. The third-order valence-electron chi connectivity index (χ3n) is 5.69. The van der Waals surface area contributed by atoms with Crippen molar-refractivity contribution in [3.63, 3.8) is 0 Å². The first-order valence-electron chi connectivity index (χ1n) is 11.1. The number of ether oxygens (including phenoxy) is 1. The Kier molecular flexibility index (Phi) is 5.49. The maximum atomic E-state index is 12.5. The molecule has 7 heteroatoms. The Morgan fingerprint density at radius 2 is 1.97 bits per heavy atom. The number of Topliss-reactive ketones (excluding diaryl/α,β-unsaturated/α-hetero) is 1. The largest absolute Gasteiger partial charge is 0.449 e. The molecule has 32 heavy (non-hydrogen) atoms. The van der Waals surface area contributed by atoms with Crippen molar-refractivity contribution in [2.75, 3.05) is 31.2 Å². The quantitative estimate of drug-likeness (QED) is 0.409. The predicted octanol–water partition coefficient (Wildman–Crippen LogP) is 4.81. The van der Waals surface area contributed by atoms with Gasteiger partial charge in [0.15, 0.2) is 22.9 Å². The van der Waals surface area contributed by atoms with Crippen molar-refractivity contribution in [3.8, 4) is 17.1 Å². The zero-order valence-corrected chi connectivity index (χ0v) is 18.4. The molecule has 0 aliphatic carbocycles. The van der Waals surface area contributed by atoms with Crippen LogP contribution < -0.4 is 4.90 Å². The van der Waals surface area contributed by atoms with Crippen molar-refractivity contribution in [2.45, 2.75) is 26.7 Å². The topological polar surface area (TPSA) is 73.4 Å². The Bertz CT molecular complexity index is 1270. The molecule has 0 bridgehead atoms. The minimum atomic E-state index is 0.000741. The van der Waals surface area contributed by atoms with Crippen LogP contribution in [0.4, 0.5) is 5.69 Å². The monoisotopic (exact) mass is 430 g/mol. The number of benzene rings is 1. The highest BCUT2D eigenvalue weighted by Gasteiger charge is 2.22. The molecule has 0 unspecified atom stereocenters. The molecule has 0 amide bonds. The molecular weight excluding hydrogens is 404 g/mol. The average molecular weight is 431 g/mol. The molecule has 0 spiro atoms. The lowest BCUT2D eigenvalue weighted by Crippen LogP contribution is -2.36. The van der Waals surface area contributed by atoms with Gasteiger partial charge in [-0.15, -0.1) is 0 Å². The van der Waals surface area contributed by atoms with Crippen LogP contribution in [0.25, 0.3) is 28.2 Å². The molecule has 3 aromatic heterocycles. The zero-order chi connectivity index (χ0) is 22.1. The summed E-state index contributed by atoms with van der Waals surface area (Å²) in [7, 11) is 0. The van der Waals surface area contributed by atoms with Crippen LogP contribution >= 0.6 is 0 Å². The molecule has 4 heterocycles. The van der Waals surface area contributed by atoms with E-state index in [-0.39, 0.29) is 5.78 Å². The van der Waals surface area contributed by atoms with Crippen LogP contribution in [-0.2, 0) is 4.74 Å². The Hall–Kier alpha value is -3.45. The van der Waals surface area contributed by atoms with E-state index in [2.05, 4.69) is 30.0 Å². The molecule has 0 N–H and O–H groups in total. The minimum Gasteiger partial charge on any atom is -0.449 e. The molecule has 1 fully saturated rings. The molecule has 1 aliphatic rings. The van der Waals surface area contributed by atoms with Crippen LogP contribution in [0, 0.1) is 6.92 Å². The lowest BCUT2D eigenvalue weighted by Gasteiger charge is -2.28. The van der Waals surface area contributed by atoms with Gasteiger partial charge in [-0.05, 0) is 25.5 Å². The molecule has 5 rings (SSSR count). The molecule has 1 aromatic carbocycles. The summed E-state index contributed by atoms with van der Waals surface area (Å²) >= 11 is 0. The summed E-state index contributed by atoms with van der Waals surface area (Å²) in [5, 5.41) is 4.77. The summed E-state index contributed by atoms with van der Waals surface area (Å²) in [6.45, 7) is 6.87. The van der Waals surface area contributed by atoms with Gasteiger partial charge in [0.1, 0.15) is 5.52 Å². The SMILES string of the molecule is CCCC(=O)c1cc2nc(-n3ccc(-c4cccc(C)c4)n3)cc(N3CCOCC3)c2o1. The first-order valence-corrected chi connectivity index (χ1v) is 11.1. The first kappa shape index (κ1) is 20.5. The normalized spacial score (nSPS) is 14.2. The maximum absolute atomic E-state index is 12.5. The zero-order valence-electron chi connectivity index (χ0n) is 18.4. The third kappa shape index (κ3) is 3.91. The Morgan fingerprint density at radius 1 is 1.12 bits per heavy atom. The molecule has 164 valence electrons. The summed E-state index contributed by atoms with van der Waals surface area (Å²) in [5.74, 6) is 1.05. The number of furan rings is 1. The van der Waals surface area contributed by atoms with Crippen molar-refractivity contribution in [2.24, 2.45) is 0 Å². The van der Waals surface area contributed by atoms with E-state index in [1.54, 1.807) is 10.7 Å². The highest BCUT2D eigenvalue weighted by molar-refractivity contribution is 5.99. The van der Waals surface area contributed by atoms with Crippen LogP contribution in [0.5, 0.6) is 0 Å². The number of aromatic nitrogens is 3. The Morgan fingerprint density at radius 3 is 2.75 bits per heavy atom. The second-order valence-electron chi connectivity index (χ2n) is 8.11. The van der Waals surface area contributed by atoms with E-state index in [0.29, 0.717) is 42.3 Å². The van der Waals surface area contributed by atoms with E-state index in [9.17, 15) is 4.79 Å². The van der Waals surface area contributed by atoms with E-state index >= 15 is 0 Å². The van der Waals surface area contributed by atoms with Crippen molar-refractivity contribution in [1.82, 2.24) is 14.8 Å². The third-order valence-corrected chi connectivity index (χ3v) is 5.69. The highest BCUT2D eigenvalue weighted by Crippen LogP contribution is 2.32. The standard InChI is InChI=1S/C25H26N4O3/c1-3-5-22(30)23-15-20-25(32-23)21(28-10-12-31-13-11-28)16-24(26-20)29-9-8-19(27-29)18-7-4-6-17(2)14-18/h4,6-9,14-16H,3,5,10-13H2,1-2H3. The van der Waals surface area contributed by atoms with Gasteiger partial charge in [0.2, 0.25) is 0 Å². The molecule has 0 radical (unpaired) electrons. The summed E-state index contributed by atoms with van der Waals surface area (Å²) in [6, 6.07) is 14.0. The van der Waals surface area contributed by atoms with E-state index in [1.807, 2.05) is 31.3 Å². The lowest BCUT2D eigenvalue weighted by atomic mass is 10.1. The molecule has 0 atom stereocenters. The van der Waals surface area contributed by atoms with Crippen LogP contribution in [0.2, 0.25) is 0 Å². The number of fused-ring (bicyclic) bond motifs is 1. The molecule has 7 nitrogen and oxygen atoms in total. The number of hydrogen-bond donors (Lipinski definition) is 0. The molecule has 1 saturated heterocycles.